The summed E-state index contributed by atoms with van der Waals surface area (Å²) in [4.78, 5) is 14.3. The van der Waals surface area contributed by atoms with Gasteiger partial charge >= 0.3 is 6.09 Å². The standard InChI is InChI=1S/C22H22F3N3O4S/c1-22(2,3)19(27-21(29)30)10-13-9-18(15-5-4-8-26-20(15)25)28(12-13)33(31,32)14-6-7-16(23)17(24)11-14/h4-9,11-12,19,27H,10H2,1-3H3,(H,29,30). The van der Waals surface area contributed by atoms with Crippen molar-refractivity contribution in [2.24, 2.45) is 5.41 Å². The van der Waals surface area contributed by atoms with E-state index in [4.69, 9.17) is 0 Å². The number of carbonyl (C=O) groups is 1. The Morgan fingerprint density at radius 1 is 1.15 bits per heavy atom. The number of rotatable bonds is 6. The minimum absolute atomic E-state index is 0.0883. The molecular formula is C22H22F3N3O4S. The molecule has 1 atom stereocenters. The number of pyridine rings is 1. The highest BCUT2D eigenvalue weighted by Crippen LogP contribution is 2.31. The predicted molar refractivity (Wildman–Crippen MR) is 115 cm³/mol. The summed E-state index contributed by atoms with van der Waals surface area (Å²) in [6.07, 6.45) is 1.25. The van der Waals surface area contributed by atoms with Crippen molar-refractivity contribution < 1.29 is 31.5 Å². The lowest BCUT2D eigenvalue weighted by molar-refractivity contribution is 0.174. The van der Waals surface area contributed by atoms with Crippen molar-refractivity contribution in [3.63, 3.8) is 0 Å². The van der Waals surface area contributed by atoms with Gasteiger partial charge in [0.1, 0.15) is 0 Å². The summed E-state index contributed by atoms with van der Waals surface area (Å²) < 4.78 is 69.0. The third-order valence-corrected chi connectivity index (χ3v) is 6.78. The Kier molecular flexibility index (Phi) is 6.55. The highest BCUT2D eigenvalue weighted by molar-refractivity contribution is 7.90. The lowest BCUT2D eigenvalue weighted by Gasteiger charge is -2.30. The van der Waals surface area contributed by atoms with Gasteiger partial charge < -0.3 is 10.4 Å². The molecule has 1 amide bonds. The van der Waals surface area contributed by atoms with E-state index in [1.807, 2.05) is 20.8 Å². The van der Waals surface area contributed by atoms with Gasteiger partial charge in [-0.25, -0.2) is 30.9 Å². The van der Waals surface area contributed by atoms with E-state index in [1.54, 1.807) is 0 Å². The Hall–Kier alpha value is -3.34. The van der Waals surface area contributed by atoms with Gasteiger partial charge in [-0.15, -0.1) is 0 Å². The maximum atomic E-state index is 14.5. The number of hydrogen-bond acceptors (Lipinski definition) is 4. The van der Waals surface area contributed by atoms with Crippen LogP contribution in [0.4, 0.5) is 18.0 Å². The minimum Gasteiger partial charge on any atom is -0.465 e. The monoisotopic (exact) mass is 481 g/mol. The molecule has 0 radical (unpaired) electrons. The maximum absolute atomic E-state index is 14.5. The molecule has 0 saturated carbocycles. The van der Waals surface area contributed by atoms with Crippen molar-refractivity contribution in [2.75, 3.05) is 0 Å². The van der Waals surface area contributed by atoms with Crippen molar-refractivity contribution in [2.45, 2.75) is 38.1 Å². The quantitative estimate of drug-likeness (QED) is 0.508. The zero-order valence-electron chi connectivity index (χ0n) is 18.0. The van der Waals surface area contributed by atoms with Crippen LogP contribution in [0.2, 0.25) is 0 Å². The van der Waals surface area contributed by atoms with Crippen LogP contribution in [0.5, 0.6) is 0 Å². The van der Waals surface area contributed by atoms with E-state index in [-0.39, 0.29) is 17.7 Å². The summed E-state index contributed by atoms with van der Waals surface area (Å²) in [5, 5.41) is 11.6. The number of nitrogens with zero attached hydrogens (tertiary/aromatic N) is 2. The summed E-state index contributed by atoms with van der Waals surface area (Å²) in [7, 11) is -4.47. The van der Waals surface area contributed by atoms with Crippen molar-refractivity contribution >= 4 is 16.1 Å². The average Bonchev–Trinajstić information content (AvgIpc) is 3.13. The third kappa shape index (κ3) is 5.19. The second-order valence-electron chi connectivity index (χ2n) is 8.52. The molecule has 0 aliphatic heterocycles. The molecule has 7 nitrogen and oxygen atoms in total. The molecule has 3 aromatic rings. The molecule has 3 rings (SSSR count). The fourth-order valence-electron chi connectivity index (χ4n) is 3.29. The molecule has 0 saturated heterocycles. The van der Waals surface area contributed by atoms with Crippen molar-refractivity contribution in [1.82, 2.24) is 14.3 Å². The van der Waals surface area contributed by atoms with Gasteiger partial charge in [0, 0.05) is 18.4 Å². The summed E-state index contributed by atoms with van der Waals surface area (Å²) >= 11 is 0. The molecule has 0 spiro atoms. The number of nitrogens with one attached hydrogen (secondary N) is 1. The fraction of sp³-hybridized carbons (Fsp3) is 0.273. The van der Waals surface area contributed by atoms with E-state index < -0.39 is 50.1 Å². The molecule has 0 bridgehead atoms. The van der Waals surface area contributed by atoms with Gasteiger partial charge in [-0.05, 0) is 53.8 Å². The summed E-state index contributed by atoms with van der Waals surface area (Å²) in [5.41, 5.74) is -0.371. The van der Waals surface area contributed by atoms with Crippen molar-refractivity contribution in [3.05, 3.63) is 71.9 Å². The normalized spacial score (nSPS) is 13.0. The number of carboxylic acid groups (broad SMARTS) is 1. The Morgan fingerprint density at radius 2 is 1.85 bits per heavy atom. The first-order chi connectivity index (χ1) is 15.3. The Morgan fingerprint density at radius 3 is 2.42 bits per heavy atom. The van der Waals surface area contributed by atoms with Crippen LogP contribution in [-0.4, -0.2) is 34.6 Å². The molecule has 0 aliphatic rings. The highest BCUT2D eigenvalue weighted by Gasteiger charge is 2.29. The molecule has 2 aromatic heterocycles. The SMILES string of the molecule is CC(C)(C)C(Cc1cc(-c2cccnc2F)n(S(=O)(=O)c2ccc(F)c(F)c2)c1)NC(=O)O. The van der Waals surface area contributed by atoms with Crippen LogP contribution < -0.4 is 5.32 Å². The second-order valence-corrected chi connectivity index (χ2v) is 10.3. The number of aromatic nitrogens is 2. The van der Waals surface area contributed by atoms with Gasteiger partial charge in [-0.1, -0.05) is 20.8 Å². The van der Waals surface area contributed by atoms with Crippen LogP contribution in [0.1, 0.15) is 26.3 Å². The Bertz CT molecular complexity index is 1300. The van der Waals surface area contributed by atoms with E-state index in [1.165, 1.54) is 30.6 Å². The average molecular weight is 481 g/mol. The molecule has 11 heteroatoms. The predicted octanol–water partition coefficient (Wildman–Crippen LogP) is 4.43. The summed E-state index contributed by atoms with van der Waals surface area (Å²) in [6, 6.07) is 5.67. The van der Waals surface area contributed by atoms with Gasteiger partial charge in [0.2, 0.25) is 5.95 Å². The number of halogens is 3. The van der Waals surface area contributed by atoms with E-state index in [2.05, 4.69) is 10.3 Å². The fourth-order valence-corrected chi connectivity index (χ4v) is 4.69. The maximum Gasteiger partial charge on any atom is 0.404 e. The van der Waals surface area contributed by atoms with Crippen LogP contribution in [0.3, 0.4) is 0 Å². The molecule has 2 heterocycles. The lowest BCUT2D eigenvalue weighted by atomic mass is 9.83. The largest absolute Gasteiger partial charge is 0.465 e. The van der Waals surface area contributed by atoms with E-state index in [0.717, 1.165) is 10.0 Å². The van der Waals surface area contributed by atoms with Gasteiger partial charge in [0.15, 0.2) is 11.6 Å². The van der Waals surface area contributed by atoms with Gasteiger partial charge in [-0.2, -0.15) is 4.39 Å². The van der Waals surface area contributed by atoms with Crippen LogP contribution in [0.25, 0.3) is 11.3 Å². The first-order valence-corrected chi connectivity index (χ1v) is 11.3. The molecule has 0 aliphatic carbocycles. The van der Waals surface area contributed by atoms with Crippen LogP contribution in [-0.2, 0) is 16.4 Å². The van der Waals surface area contributed by atoms with Crippen LogP contribution in [0, 0.1) is 23.0 Å². The summed E-state index contributed by atoms with van der Waals surface area (Å²) in [6.45, 7) is 5.43. The number of amides is 1. The molecule has 1 unspecified atom stereocenters. The van der Waals surface area contributed by atoms with Gasteiger partial charge in [-0.3, -0.25) is 0 Å². The smallest absolute Gasteiger partial charge is 0.404 e. The second kappa shape index (κ2) is 8.89. The lowest BCUT2D eigenvalue weighted by Crippen LogP contribution is -2.44. The van der Waals surface area contributed by atoms with Gasteiger partial charge in [0.25, 0.3) is 10.0 Å². The van der Waals surface area contributed by atoms with Gasteiger partial charge in [0.05, 0.1) is 16.2 Å². The summed E-state index contributed by atoms with van der Waals surface area (Å²) in [5.74, 6) is -3.50. The molecule has 33 heavy (non-hydrogen) atoms. The Labute approximate surface area is 189 Å². The first-order valence-electron chi connectivity index (χ1n) is 9.83. The van der Waals surface area contributed by atoms with Crippen LogP contribution >= 0.6 is 0 Å². The third-order valence-electron chi connectivity index (χ3n) is 5.11. The van der Waals surface area contributed by atoms with E-state index in [9.17, 15) is 31.5 Å². The minimum atomic E-state index is -4.47. The first kappa shape index (κ1) is 24.3. The number of hydrogen-bond donors (Lipinski definition) is 2. The molecule has 0 fully saturated rings. The number of benzene rings is 1. The highest BCUT2D eigenvalue weighted by atomic mass is 32.2. The topological polar surface area (TPSA) is 101 Å². The van der Waals surface area contributed by atoms with E-state index >= 15 is 0 Å². The zero-order chi connectivity index (χ0) is 24.6. The van der Waals surface area contributed by atoms with Crippen molar-refractivity contribution in [3.8, 4) is 11.3 Å². The molecule has 1 aromatic carbocycles. The van der Waals surface area contributed by atoms with Crippen molar-refractivity contribution in [1.29, 1.82) is 0 Å². The molecular weight excluding hydrogens is 459 g/mol. The van der Waals surface area contributed by atoms with E-state index in [0.29, 0.717) is 17.7 Å². The zero-order valence-corrected chi connectivity index (χ0v) is 18.8. The molecule has 176 valence electrons. The molecule has 2 N–H and O–H groups in total. The Balaban J connectivity index is 2.18. The van der Waals surface area contributed by atoms with Crippen LogP contribution in [0.15, 0.2) is 53.7 Å².